The van der Waals surface area contributed by atoms with Gasteiger partial charge in [-0.1, -0.05) is 0 Å². The van der Waals surface area contributed by atoms with E-state index in [1.54, 1.807) is 0 Å². The van der Waals surface area contributed by atoms with Crippen molar-refractivity contribution >= 4 is 0 Å². The number of aliphatic hydroxyl groups is 1. The third kappa shape index (κ3) is 2.50. The van der Waals surface area contributed by atoms with Crippen molar-refractivity contribution in [1.82, 2.24) is 4.90 Å². The van der Waals surface area contributed by atoms with Crippen LogP contribution in [0.5, 0.6) is 0 Å². The number of ether oxygens (including phenoxy) is 2. The number of likely N-dealkylation sites (N-methyl/N-ethyl adjacent to an activating group) is 1. The first kappa shape index (κ1) is 11.3. The molecule has 0 saturated carbocycles. The third-order valence-corrected chi connectivity index (χ3v) is 3.63. The molecule has 2 rings (SSSR count). The van der Waals surface area contributed by atoms with E-state index in [0.717, 1.165) is 39.2 Å². The zero-order valence-electron chi connectivity index (χ0n) is 9.45. The van der Waals surface area contributed by atoms with Crippen LogP contribution in [0.3, 0.4) is 0 Å². The molecular weight excluding hydrogens is 194 g/mol. The maximum atomic E-state index is 9.47. The monoisotopic (exact) mass is 215 g/mol. The first-order valence-electron chi connectivity index (χ1n) is 5.72. The fraction of sp³-hybridized carbons (Fsp3) is 1.00. The molecule has 0 aliphatic carbocycles. The predicted octanol–water partition coefficient (Wildman–Crippen LogP) is 0.106. The van der Waals surface area contributed by atoms with Gasteiger partial charge in [-0.25, -0.2) is 0 Å². The Morgan fingerprint density at radius 1 is 1.40 bits per heavy atom. The van der Waals surface area contributed by atoms with Gasteiger partial charge in [-0.15, -0.1) is 0 Å². The zero-order valence-corrected chi connectivity index (χ0v) is 9.45. The zero-order chi connectivity index (χ0) is 10.7. The second kappa shape index (κ2) is 4.78. The molecule has 15 heavy (non-hydrogen) atoms. The first-order chi connectivity index (χ1) is 7.26. The number of hydrogen-bond acceptors (Lipinski definition) is 4. The van der Waals surface area contributed by atoms with E-state index < -0.39 is 0 Å². The van der Waals surface area contributed by atoms with Crippen LogP contribution in [-0.4, -0.2) is 62.7 Å². The summed E-state index contributed by atoms with van der Waals surface area (Å²) in [5, 5.41) is 9.47. The van der Waals surface area contributed by atoms with Gasteiger partial charge < -0.3 is 19.5 Å². The van der Waals surface area contributed by atoms with E-state index in [4.69, 9.17) is 9.47 Å². The van der Waals surface area contributed by atoms with Crippen LogP contribution in [-0.2, 0) is 9.47 Å². The molecule has 4 nitrogen and oxygen atoms in total. The molecule has 88 valence electrons. The number of nitrogens with zero attached hydrogens (tertiary/aromatic N) is 1. The average Bonchev–Trinajstić information content (AvgIpc) is 2.88. The second-order valence-electron chi connectivity index (χ2n) is 4.89. The Kier molecular flexibility index (Phi) is 3.61. The summed E-state index contributed by atoms with van der Waals surface area (Å²) in [5.74, 6) is 0. The van der Waals surface area contributed by atoms with Crippen LogP contribution >= 0.6 is 0 Å². The summed E-state index contributed by atoms with van der Waals surface area (Å²) in [6, 6.07) is 0.522. The van der Waals surface area contributed by atoms with Gasteiger partial charge in [-0.05, 0) is 19.9 Å². The molecule has 2 unspecified atom stereocenters. The molecule has 2 heterocycles. The summed E-state index contributed by atoms with van der Waals surface area (Å²) < 4.78 is 10.8. The summed E-state index contributed by atoms with van der Waals surface area (Å²) >= 11 is 0. The smallest absolute Gasteiger partial charge is 0.0622 e. The number of aliphatic hydroxyl groups excluding tert-OH is 1. The number of rotatable bonds is 4. The third-order valence-electron chi connectivity index (χ3n) is 3.63. The summed E-state index contributed by atoms with van der Waals surface area (Å²) in [7, 11) is 2.12. The van der Waals surface area contributed by atoms with Crippen LogP contribution in [0.4, 0.5) is 0 Å². The van der Waals surface area contributed by atoms with E-state index in [0.29, 0.717) is 12.6 Å². The fourth-order valence-electron chi connectivity index (χ4n) is 2.48. The molecule has 2 saturated heterocycles. The van der Waals surface area contributed by atoms with E-state index in [1.165, 1.54) is 0 Å². The molecule has 0 amide bonds. The quantitative estimate of drug-likeness (QED) is 0.722. The van der Waals surface area contributed by atoms with E-state index >= 15 is 0 Å². The van der Waals surface area contributed by atoms with Gasteiger partial charge in [0.25, 0.3) is 0 Å². The lowest BCUT2D eigenvalue weighted by Crippen LogP contribution is -2.43. The minimum absolute atomic E-state index is 0.0304. The highest BCUT2D eigenvalue weighted by Crippen LogP contribution is 2.30. The molecule has 0 spiro atoms. The van der Waals surface area contributed by atoms with Crippen molar-refractivity contribution in [2.24, 2.45) is 5.41 Å². The van der Waals surface area contributed by atoms with Gasteiger partial charge in [-0.2, -0.15) is 0 Å². The summed E-state index contributed by atoms with van der Waals surface area (Å²) in [4.78, 5) is 2.32. The lowest BCUT2D eigenvalue weighted by Gasteiger charge is -2.33. The van der Waals surface area contributed by atoms with Crippen molar-refractivity contribution in [2.45, 2.75) is 18.9 Å². The largest absolute Gasteiger partial charge is 0.396 e. The maximum absolute atomic E-state index is 9.47. The van der Waals surface area contributed by atoms with E-state index in [-0.39, 0.29) is 12.0 Å². The lowest BCUT2D eigenvalue weighted by atomic mass is 9.87. The van der Waals surface area contributed by atoms with E-state index in [1.807, 2.05) is 0 Å². The van der Waals surface area contributed by atoms with Gasteiger partial charge in [-0.3, -0.25) is 0 Å². The lowest BCUT2D eigenvalue weighted by molar-refractivity contribution is 0.0489. The van der Waals surface area contributed by atoms with Crippen molar-refractivity contribution in [3.63, 3.8) is 0 Å². The van der Waals surface area contributed by atoms with Crippen molar-refractivity contribution in [1.29, 1.82) is 0 Å². The topological polar surface area (TPSA) is 41.9 Å². The molecule has 0 aromatic carbocycles. The van der Waals surface area contributed by atoms with Gasteiger partial charge in [0, 0.05) is 31.2 Å². The Morgan fingerprint density at radius 2 is 2.27 bits per heavy atom. The molecule has 0 aromatic heterocycles. The fourth-order valence-corrected chi connectivity index (χ4v) is 2.48. The molecule has 4 heteroatoms. The van der Waals surface area contributed by atoms with Crippen LogP contribution in [0.15, 0.2) is 0 Å². The van der Waals surface area contributed by atoms with Crippen molar-refractivity contribution in [3.8, 4) is 0 Å². The SMILES string of the molecule is CN(CC1(CO)CCOC1)C1CCOC1. The standard InChI is InChI=1S/C11H21NO3/c1-12(10-2-4-14-6-10)7-11(8-13)3-5-15-9-11/h10,13H,2-9H2,1H3. The highest BCUT2D eigenvalue weighted by atomic mass is 16.5. The van der Waals surface area contributed by atoms with Crippen molar-refractivity contribution < 1.29 is 14.6 Å². The molecule has 2 fully saturated rings. The predicted molar refractivity (Wildman–Crippen MR) is 56.8 cm³/mol. The molecule has 1 N–H and O–H groups in total. The van der Waals surface area contributed by atoms with Gasteiger partial charge >= 0.3 is 0 Å². The van der Waals surface area contributed by atoms with Crippen LogP contribution in [0.1, 0.15) is 12.8 Å². The summed E-state index contributed by atoms with van der Waals surface area (Å²) in [6.45, 7) is 4.33. The molecule has 0 radical (unpaired) electrons. The molecular formula is C11H21NO3. The summed E-state index contributed by atoms with van der Waals surface area (Å²) in [5.41, 5.74) is -0.0304. The van der Waals surface area contributed by atoms with Crippen LogP contribution in [0, 0.1) is 5.41 Å². The first-order valence-corrected chi connectivity index (χ1v) is 5.72. The van der Waals surface area contributed by atoms with Crippen molar-refractivity contribution in [3.05, 3.63) is 0 Å². The van der Waals surface area contributed by atoms with Crippen LogP contribution in [0.2, 0.25) is 0 Å². The van der Waals surface area contributed by atoms with E-state index in [2.05, 4.69) is 11.9 Å². The highest BCUT2D eigenvalue weighted by Gasteiger charge is 2.37. The van der Waals surface area contributed by atoms with Gasteiger partial charge in [0.15, 0.2) is 0 Å². The molecule has 0 aromatic rings. The Labute approximate surface area is 91.2 Å². The minimum Gasteiger partial charge on any atom is -0.396 e. The number of hydrogen-bond donors (Lipinski definition) is 1. The Morgan fingerprint density at radius 3 is 2.80 bits per heavy atom. The van der Waals surface area contributed by atoms with E-state index in [9.17, 15) is 5.11 Å². The Bertz CT molecular complexity index is 198. The normalized spacial score (nSPS) is 36.6. The maximum Gasteiger partial charge on any atom is 0.0622 e. The second-order valence-corrected chi connectivity index (χ2v) is 4.89. The van der Waals surface area contributed by atoms with Crippen LogP contribution < -0.4 is 0 Å². The minimum atomic E-state index is -0.0304. The molecule has 0 bridgehead atoms. The van der Waals surface area contributed by atoms with Gasteiger partial charge in [0.2, 0.25) is 0 Å². The van der Waals surface area contributed by atoms with Crippen molar-refractivity contribution in [2.75, 3.05) is 46.6 Å². The molecule has 2 aliphatic rings. The molecule has 2 atom stereocenters. The van der Waals surface area contributed by atoms with Gasteiger partial charge in [0.05, 0.1) is 19.8 Å². The summed E-state index contributed by atoms with van der Waals surface area (Å²) in [6.07, 6.45) is 2.08. The Hall–Kier alpha value is -0.160. The highest BCUT2D eigenvalue weighted by molar-refractivity contribution is 4.87. The average molecular weight is 215 g/mol. The van der Waals surface area contributed by atoms with Crippen LogP contribution in [0.25, 0.3) is 0 Å². The molecule has 2 aliphatic heterocycles. The van der Waals surface area contributed by atoms with Gasteiger partial charge in [0.1, 0.15) is 0 Å². The Balaban J connectivity index is 1.88.